The van der Waals surface area contributed by atoms with Gasteiger partial charge in [0.15, 0.2) is 5.65 Å². The molecule has 1 amide bonds. The molecule has 0 bridgehead atoms. The highest BCUT2D eigenvalue weighted by atomic mass is 16.1. The van der Waals surface area contributed by atoms with Crippen molar-refractivity contribution in [3.8, 4) is 11.1 Å². The van der Waals surface area contributed by atoms with Gasteiger partial charge in [0, 0.05) is 22.4 Å². The Hall–Kier alpha value is -3.67. The second-order valence-corrected chi connectivity index (χ2v) is 8.54. The van der Waals surface area contributed by atoms with Crippen molar-refractivity contribution in [1.82, 2.24) is 15.2 Å². The third-order valence-corrected chi connectivity index (χ3v) is 5.05. The smallest absolute Gasteiger partial charge is 0.255 e. The van der Waals surface area contributed by atoms with Gasteiger partial charge in [-0.2, -0.15) is 5.10 Å². The minimum Gasteiger partial charge on any atom is -0.383 e. The number of nitrogens with one attached hydrogen (secondary N) is 2. The second kappa shape index (κ2) is 7.30. The van der Waals surface area contributed by atoms with Gasteiger partial charge in [0.05, 0.1) is 5.39 Å². The molecule has 0 aliphatic rings. The molecule has 2 heterocycles. The molecule has 4 N–H and O–H groups in total. The molecule has 0 fully saturated rings. The van der Waals surface area contributed by atoms with Crippen LogP contribution >= 0.6 is 0 Å². The molecule has 4 aromatic rings. The van der Waals surface area contributed by atoms with Gasteiger partial charge in [-0.25, -0.2) is 4.98 Å². The highest BCUT2D eigenvalue weighted by Gasteiger charge is 2.21. The van der Waals surface area contributed by atoms with Gasteiger partial charge in [-0.05, 0) is 48.4 Å². The van der Waals surface area contributed by atoms with Gasteiger partial charge in [0.25, 0.3) is 5.91 Å². The van der Waals surface area contributed by atoms with Gasteiger partial charge >= 0.3 is 0 Å². The maximum absolute atomic E-state index is 12.5. The molecule has 2 aromatic heterocycles. The van der Waals surface area contributed by atoms with Crippen molar-refractivity contribution in [2.24, 2.45) is 0 Å². The van der Waals surface area contributed by atoms with Crippen LogP contribution in [0.4, 0.5) is 11.5 Å². The summed E-state index contributed by atoms with van der Waals surface area (Å²) in [5.41, 5.74) is 11.9. The summed E-state index contributed by atoms with van der Waals surface area (Å²) in [6, 6.07) is 17.3. The summed E-state index contributed by atoms with van der Waals surface area (Å²) in [5, 5.41) is 10.8. The highest BCUT2D eigenvalue weighted by molar-refractivity contribution is 6.05. The lowest BCUT2D eigenvalue weighted by atomic mass is 9.89. The minimum absolute atomic E-state index is 0.127. The van der Waals surface area contributed by atoms with Crippen molar-refractivity contribution in [3.63, 3.8) is 0 Å². The van der Waals surface area contributed by atoms with E-state index in [2.05, 4.69) is 47.3 Å². The first kappa shape index (κ1) is 19.6. The predicted octanol–water partition coefficient (Wildman–Crippen LogP) is 5.07. The molecule has 152 valence electrons. The molecule has 4 rings (SSSR count). The van der Waals surface area contributed by atoms with E-state index in [0.717, 1.165) is 33.5 Å². The minimum atomic E-state index is -0.133. The van der Waals surface area contributed by atoms with Gasteiger partial charge in [-0.15, -0.1) is 0 Å². The summed E-state index contributed by atoms with van der Waals surface area (Å²) in [6.45, 7) is 8.31. The SMILES string of the molecule is Cc1cccc(C(=O)Nc2ccc(-c3cc(C(C)(C)C)nc4n[nH]c(N)c34)cc2)c1. The third-order valence-electron chi connectivity index (χ3n) is 5.05. The lowest BCUT2D eigenvalue weighted by molar-refractivity contribution is 0.102. The Balaban J connectivity index is 1.68. The van der Waals surface area contributed by atoms with Gasteiger partial charge in [0.2, 0.25) is 0 Å². The molecule has 30 heavy (non-hydrogen) atoms. The largest absolute Gasteiger partial charge is 0.383 e. The van der Waals surface area contributed by atoms with E-state index >= 15 is 0 Å². The lowest BCUT2D eigenvalue weighted by Crippen LogP contribution is -2.14. The zero-order valence-electron chi connectivity index (χ0n) is 17.6. The van der Waals surface area contributed by atoms with Crippen LogP contribution in [-0.2, 0) is 5.41 Å². The molecule has 0 spiro atoms. The summed E-state index contributed by atoms with van der Waals surface area (Å²) >= 11 is 0. The number of hydrogen-bond acceptors (Lipinski definition) is 4. The summed E-state index contributed by atoms with van der Waals surface area (Å²) in [7, 11) is 0. The Kier molecular flexibility index (Phi) is 4.78. The van der Waals surface area contributed by atoms with Crippen LogP contribution < -0.4 is 11.1 Å². The van der Waals surface area contributed by atoms with Crippen LogP contribution in [0.25, 0.3) is 22.2 Å². The van der Waals surface area contributed by atoms with E-state index in [0.29, 0.717) is 17.0 Å². The molecule has 0 atom stereocenters. The molecular formula is C24H25N5O. The molecule has 6 nitrogen and oxygen atoms in total. The number of nitrogens with two attached hydrogens (primary N) is 1. The van der Waals surface area contributed by atoms with E-state index < -0.39 is 0 Å². The van der Waals surface area contributed by atoms with Crippen LogP contribution in [0.3, 0.4) is 0 Å². The van der Waals surface area contributed by atoms with Crippen LogP contribution in [0, 0.1) is 6.92 Å². The molecule has 0 aliphatic carbocycles. The number of anilines is 2. The molecule has 0 aliphatic heterocycles. The Labute approximate surface area is 175 Å². The molecule has 0 saturated carbocycles. The molecule has 6 heteroatoms. The number of aryl methyl sites for hydroxylation is 1. The number of amides is 1. The van der Waals surface area contributed by atoms with Gasteiger partial charge < -0.3 is 11.1 Å². The Morgan fingerprint density at radius 2 is 1.80 bits per heavy atom. The lowest BCUT2D eigenvalue weighted by Gasteiger charge is -2.19. The van der Waals surface area contributed by atoms with Gasteiger partial charge in [0.1, 0.15) is 5.82 Å². The van der Waals surface area contributed by atoms with Crippen molar-refractivity contribution in [2.45, 2.75) is 33.1 Å². The summed E-state index contributed by atoms with van der Waals surface area (Å²) in [4.78, 5) is 17.2. The number of nitrogens with zero attached hydrogens (tertiary/aromatic N) is 2. The maximum atomic E-state index is 12.5. The first-order valence-electron chi connectivity index (χ1n) is 9.86. The Morgan fingerprint density at radius 3 is 2.47 bits per heavy atom. The number of fused-ring (bicyclic) bond motifs is 1. The predicted molar refractivity (Wildman–Crippen MR) is 122 cm³/mol. The van der Waals surface area contributed by atoms with E-state index in [-0.39, 0.29) is 11.3 Å². The second-order valence-electron chi connectivity index (χ2n) is 8.54. The molecular weight excluding hydrogens is 374 g/mol. The van der Waals surface area contributed by atoms with Crippen molar-refractivity contribution in [3.05, 3.63) is 71.4 Å². The molecule has 0 unspecified atom stereocenters. The number of carbonyl (C=O) groups is 1. The van der Waals surface area contributed by atoms with Gasteiger partial charge in [-0.1, -0.05) is 50.6 Å². The van der Waals surface area contributed by atoms with E-state index in [1.54, 1.807) is 6.07 Å². The van der Waals surface area contributed by atoms with Crippen molar-refractivity contribution in [2.75, 3.05) is 11.1 Å². The van der Waals surface area contributed by atoms with E-state index in [1.807, 2.05) is 49.4 Å². The number of hydrogen-bond donors (Lipinski definition) is 3. The number of pyridine rings is 1. The molecule has 0 radical (unpaired) electrons. The normalized spacial score (nSPS) is 11.6. The number of H-pyrrole nitrogens is 1. The Morgan fingerprint density at radius 1 is 1.07 bits per heavy atom. The average Bonchev–Trinajstić information content (AvgIpc) is 3.08. The van der Waals surface area contributed by atoms with Crippen LogP contribution in [0.15, 0.2) is 54.6 Å². The van der Waals surface area contributed by atoms with Crippen LogP contribution in [0.2, 0.25) is 0 Å². The third kappa shape index (κ3) is 3.76. The summed E-state index contributed by atoms with van der Waals surface area (Å²) < 4.78 is 0. The van der Waals surface area contributed by atoms with E-state index in [4.69, 9.17) is 5.73 Å². The van der Waals surface area contributed by atoms with Crippen molar-refractivity contribution < 1.29 is 4.79 Å². The van der Waals surface area contributed by atoms with Crippen LogP contribution in [-0.4, -0.2) is 21.1 Å². The van der Waals surface area contributed by atoms with Crippen LogP contribution in [0.1, 0.15) is 42.4 Å². The number of carbonyl (C=O) groups excluding carboxylic acids is 1. The van der Waals surface area contributed by atoms with E-state index in [9.17, 15) is 4.79 Å². The summed E-state index contributed by atoms with van der Waals surface area (Å²) in [5.74, 6) is 0.358. The quantitative estimate of drug-likeness (QED) is 0.448. The highest BCUT2D eigenvalue weighted by Crippen LogP contribution is 2.34. The monoisotopic (exact) mass is 399 g/mol. The molecule has 2 aromatic carbocycles. The van der Waals surface area contributed by atoms with E-state index in [1.165, 1.54) is 0 Å². The number of aromatic amines is 1. The topological polar surface area (TPSA) is 96.7 Å². The fourth-order valence-electron chi connectivity index (χ4n) is 3.38. The number of benzene rings is 2. The zero-order valence-corrected chi connectivity index (χ0v) is 17.6. The summed E-state index contributed by atoms with van der Waals surface area (Å²) in [6.07, 6.45) is 0. The first-order valence-corrected chi connectivity index (χ1v) is 9.86. The maximum Gasteiger partial charge on any atom is 0.255 e. The number of aromatic nitrogens is 3. The number of nitrogen functional groups attached to an aromatic ring is 1. The number of rotatable bonds is 3. The Bertz CT molecular complexity index is 1230. The first-order chi connectivity index (χ1) is 14.2. The zero-order chi connectivity index (χ0) is 21.5. The fourth-order valence-corrected chi connectivity index (χ4v) is 3.38. The van der Waals surface area contributed by atoms with Crippen molar-refractivity contribution in [1.29, 1.82) is 0 Å². The standard InChI is InChI=1S/C24H25N5O/c1-14-6-5-7-16(12-14)23(30)26-17-10-8-15(9-11-17)18-13-19(24(2,3)4)27-22-20(18)21(25)28-29-22/h5-13H,1-4H3,(H,26,30)(H3,25,27,28,29). The van der Waals surface area contributed by atoms with Crippen LogP contribution in [0.5, 0.6) is 0 Å². The fraction of sp³-hybridized carbons (Fsp3) is 0.208. The molecule has 0 saturated heterocycles. The van der Waals surface area contributed by atoms with Crippen molar-refractivity contribution >= 4 is 28.4 Å². The average molecular weight is 399 g/mol. The van der Waals surface area contributed by atoms with Gasteiger partial charge in [-0.3, -0.25) is 9.89 Å².